The summed E-state index contributed by atoms with van der Waals surface area (Å²) in [5, 5.41) is 20.8. The maximum Gasteiger partial charge on any atom is 0.127 e. The summed E-state index contributed by atoms with van der Waals surface area (Å²) in [6.07, 6.45) is 0. The smallest absolute Gasteiger partial charge is 0.127 e. The van der Waals surface area contributed by atoms with Crippen molar-refractivity contribution in [2.24, 2.45) is 0 Å². The molecule has 0 bridgehead atoms. The van der Waals surface area contributed by atoms with Crippen LogP contribution in [0.1, 0.15) is 11.1 Å². The van der Waals surface area contributed by atoms with Crippen LogP contribution in [-0.2, 0) is 18.0 Å². The SMILES string of the molecule is Oc1cccc(O)c1-c1cc(Cl)ccc1COCc1ccccc1. The van der Waals surface area contributed by atoms with Gasteiger partial charge in [-0.25, -0.2) is 0 Å². The number of ether oxygens (including phenoxy) is 1. The fraction of sp³-hybridized carbons (Fsp3) is 0.100. The Morgan fingerprint density at radius 1 is 0.792 bits per heavy atom. The Bertz CT molecular complexity index is 811. The highest BCUT2D eigenvalue weighted by atomic mass is 35.5. The zero-order valence-electron chi connectivity index (χ0n) is 12.9. The lowest BCUT2D eigenvalue weighted by Crippen LogP contribution is -1.97. The van der Waals surface area contributed by atoms with Gasteiger partial charge in [0.1, 0.15) is 11.5 Å². The lowest BCUT2D eigenvalue weighted by atomic mass is 9.98. The molecule has 0 aliphatic carbocycles. The Labute approximate surface area is 145 Å². The first-order chi connectivity index (χ1) is 11.6. The van der Waals surface area contributed by atoms with Gasteiger partial charge in [-0.05, 0) is 41.0 Å². The molecule has 0 atom stereocenters. The van der Waals surface area contributed by atoms with Crippen molar-refractivity contribution in [1.82, 2.24) is 0 Å². The van der Waals surface area contributed by atoms with E-state index in [1.54, 1.807) is 18.2 Å². The monoisotopic (exact) mass is 340 g/mol. The molecule has 0 fully saturated rings. The third-order valence-electron chi connectivity index (χ3n) is 3.73. The van der Waals surface area contributed by atoms with Crippen molar-refractivity contribution in [3.63, 3.8) is 0 Å². The van der Waals surface area contributed by atoms with Gasteiger partial charge in [0.15, 0.2) is 0 Å². The molecule has 3 rings (SSSR count). The minimum atomic E-state index is 0.00146. The second-order valence-corrected chi connectivity index (χ2v) is 5.89. The van der Waals surface area contributed by atoms with Crippen molar-refractivity contribution in [3.05, 3.63) is 82.9 Å². The van der Waals surface area contributed by atoms with Crippen LogP contribution in [0.2, 0.25) is 5.02 Å². The van der Waals surface area contributed by atoms with Gasteiger partial charge in [-0.15, -0.1) is 0 Å². The highest BCUT2D eigenvalue weighted by Gasteiger charge is 2.14. The summed E-state index contributed by atoms with van der Waals surface area (Å²) in [6.45, 7) is 0.824. The van der Waals surface area contributed by atoms with Gasteiger partial charge in [0.05, 0.1) is 18.8 Å². The van der Waals surface area contributed by atoms with Crippen molar-refractivity contribution >= 4 is 11.6 Å². The van der Waals surface area contributed by atoms with Crippen molar-refractivity contribution in [1.29, 1.82) is 0 Å². The number of phenolic OH excluding ortho intramolecular Hbond substituents is 2. The van der Waals surface area contributed by atoms with Crippen molar-refractivity contribution < 1.29 is 14.9 Å². The maximum atomic E-state index is 10.1. The molecular formula is C20H17ClO3. The van der Waals surface area contributed by atoms with Crippen molar-refractivity contribution in [2.45, 2.75) is 13.2 Å². The van der Waals surface area contributed by atoms with Crippen LogP contribution in [-0.4, -0.2) is 10.2 Å². The fourth-order valence-corrected chi connectivity index (χ4v) is 2.74. The quantitative estimate of drug-likeness (QED) is 0.676. The van der Waals surface area contributed by atoms with Crippen LogP contribution in [0.15, 0.2) is 66.7 Å². The first kappa shape index (κ1) is 16.4. The predicted molar refractivity (Wildman–Crippen MR) is 95.2 cm³/mol. The minimum absolute atomic E-state index is 0.00146. The van der Waals surface area contributed by atoms with Crippen LogP contribution < -0.4 is 0 Å². The van der Waals surface area contributed by atoms with Gasteiger partial charge in [0.25, 0.3) is 0 Å². The van der Waals surface area contributed by atoms with Crippen molar-refractivity contribution in [2.75, 3.05) is 0 Å². The number of phenols is 2. The van der Waals surface area contributed by atoms with E-state index >= 15 is 0 Å². The fourth-order valence-electron chi connectivity index (χ4n) is 2.56. The number of halogens is 1. The lowest BCUT2D eigenvalue weighted by molar-refractivity contribution is 0.107. The number of benzene rings is 3. The van der Waals surface area contributed by atoms with E-state index in [1.165, 1.54) is 12.1 Å². The molecule has 0 saturated heterocycles. The summed E-state index contributed by atoms with van der Waals surface area (Å²) >= 11 is 6.10. The first-order valence-electron chi connectivity index (χ1n) is 7.56. The Balaban J connectivity index is 1.86. The molecule has 4 heteroatoms. The normalized spacial score (nSPS) is 10.7. The molecule has 0 radical (unpaired) electrons. The Hall–Kier alpha value is -2.49. The number of rotatable bonds is 5. The van der Waals surface area contributed by atoms with Gasteiger partial charge < -0.3 is 14.9 Å². The molecule has 0 aliphatic heterocycles. The van der Waals surface area contributed by atoms with E-state index in [2.05, 4.69) is 0 Å². The second-order valence-electron chi connectivity index (χ2n) is 5.45. The van der Waals surface area contributed by atoms with Crippen LogP contribution in [0.4, 0.5) is 0 Å². The third kappa shape index (κ3) is 3.70. The largest absolute Gasteiger partial charge is 0.507 e. The molecule has 122 valence electrons. The highest BCUT2D eigenvalue weighted by molar-refractivity contribution is 6.30. The standard InChI is InChI=1S/C20H17ClO3/c21-16-10-9-15(13-24-12-14-5-2-1-3-6-14)17(11-16)20-18(22)7-4-8-19(20)23/h1-11,22-23H,12-13H2. The molecule has 3 nitrogen and oxygen atoms in total. The molecule has 24 heavy (non-hydrogen) atoms. The molecule has 3 aromatic rings. The topological polar surface area (TPSA) is 49.7 Å². The highest BCUT2D eigenvalue weighted by Crippen LogP contribution is 2.40. The average molecular weight is 341 g/mol. The molecule has 0 amide bonds. The summed E-state index contributed by atoms with van der Waals surface area (Å²) in [6, 6.07) is 19.9. The van der Waals surface area contributed by atoms with E-state index in [4.69, 9.17) is 16.3 Å². The van der Waals surface area contributed by atoms with E-state index in [0.717, 1.165) is 11.1 Å². The van der Waals surface area contributed by atoms with E-state index in [0.29, 0.717) is 29.4 Å². The lowest BCUT2D eigenvalue weighted by Gasteiger charge is -2.14. The van der Waals surface area contributed by atoms with Gasteiger partial charge in [-0.2, -0.15) is 0 Å². The Morgan fingerprint density at radius 2 is 1.50 bits per heavy atom. The summed E-state index contributed by atoms with van der Waals surface area (Å²) in [5.41, 5.74) is 2.94. The van der Waals surface area contributed by atoms with Gasteiger partial charge >= 0.3 is 0 Å². The number of hydrogen-bond donors (Lipinski definition) is 2. The molecule has 0 spiro atoms. The summed E-state index contributed by atoms with van der Waals surface area (Å²) < 4.78 is 5.78. The predicted octanol–water partition coefficient (Wildman–Crippen LogP) is 5.14. The molecular weight excluding hydrogens is 324 g/mol. The van der Waals surface area contributed by atoms with Crippen LogP contribution in [0.25, 0.3) is 11.1 Å². The second kappa shape index (κ2) is 7.39. The van der Waals surface area contributed by atoms with E-state index in [9.17, 15) is 10.2 Å². The van der Waals surface area contributed by atoms with Gasteiger partial charge in [-0.1, -0.05) is 54.1 Å². The van der Waals surface area contributed by atoms with Crippen molar-refractivity contribution in [3.8, 4) is 22.6 Å². The molecule has 0 heterocycles. The molecule has 0 unspecified atom stereocenters. The van der Waals surface area contributed by atoms with Crippen LogP contribution in [0.3, 0.4) is 0 Å². The summed E-state index contributed by atoms with van der Waals surface area (Å²) in [7, 11) is 0. The van der Waals surface area contributed by atoms with Crippen LogP contribution in [0.5, 0.6) is 11.5 Å². The third-order valence-corrected chi connectivity index (χ3v) is 3.97. The zero-order chi connectivity index (χ0) is 16.9. The van der Waals surface area contributed by atoms with E-state index in [-0.39, 0.29) is 11.5 Å². The maximum absolute atomic E-state index is 10.1. The Morgan fingerprint density at radius 3 is 2.21 bits per heavy atom. The first-order valence-corrected chi connectivity index (χ1v) is 7.94. The van der Waals surface area contributed by atoms with Crippen LogP contribution in [0, 0.1) is 0 Å². The molecule has 0 saturated carbocycles. The minimum Gasteiger partial charge on any atom is -0.507 e. The molecule has 0 aromatic heterocycles. The molecule has 0 aliphatic rings. The summed E-state index contributed by atoms with van der Waals surface area (Å²) in [5.74, 6) is 0.00292. The van der Waals surface area contributed by atoms with E-state index < -0.39 is 0 Å². The van der Waals surface area contributed by atoms with Crippen LogP contribution >= 0.6 is 11.6 Å². The number of hydrogen-bond acceptors (Lipinski definition) is 3. The average Bonchev–Trinajstić information content (AvgIpc) is 2.57. The Kier molecular flexibility index (Phi) is 5.04. The number of aromatic hydroxyl groups is 2. The molecule has 3 aromatic carbocycles. The van der Waals surface area contributed by atoms with Gasteiger partial charge in [-0.3, -0.25) is 0 Å². The van der Waals surface area contributed by atoms with E-state index in [1.807, 2.05) is 36.4 Å². The summed E-state index contributed by atoms with van der Waals surface area (Å²) in [4.78, 5) is 0. The van der Waals surface area contributed by atoms with Gasteiger partial charge in [0, 0.05) is 5.02 Å². The zero-order valence-corrected chi connectivity index (χ0v) is 13.7. The molecule has 2 N–H and O–H groups in total. The van der Waals surface area contributed by atoms with Gasteiger partial charge in [0.2, 0.25) is 0 Å².